The van der Waals surface area contributed by atoms with Gasteiger partial charge in [0.25, 0.3) is 0 Å². The van der Waals surface area contributed by atoms with Gasteiger partial charge in [0, 0.05) is 0 Å². The number of phenolic OH excluding ortho intramolecular Hbond substituents is 1. The molecule has 30 heavy (non-hydrogen) atoms. The Morgan fingerprint density at radius 1 is 1.10 bits per heavy atom. The number of nitrogens with zero attached hydrogens (tertiary/aromatic N) is 2. The first-order valence-electron chi connectivity index (χ1n) is 8.81. The number of rotatable bonds is 6. The molecule has 0 aliphatic rings. The zero-order chi connectivity index (χ0) is 21.5. The second-order valence-electron chi connectivity index (χ2n) is 6.04. The Kier molecular flexibility index (Phi) is 7.47. The topological polar surface area (TPSA) is 106 Å². The summed E-state index contributed by atoms with van der Waals surface area (Å²) in [5.41, 5.74) is 1.65. The number of amidine groups is 2. The third kappa shape index (κ3) is 5.61. The average molecular weight is 538 g/mol. The molecule has 3 aromatic rings. The zero-order valence-electron chi connectivity index (χ0n) is 15.9. The molecule has 0 atom stereocenters. The van der Waals surface area contributed by atoms with Gasteiger partial charge in [0.1, 0.15) is 0 Å². The maximum atomic E-state index is 11.1. The van der Waals surface area contributed by atoms with E-state index in [4.69, 9.17) is 16.7 Å². The van der Waals surface area contributed by atoms with Crippen molar-refractivity contribution in [2.45, 2.75) is 0 Å². The summed E-state index contributed by atoms with van der Waals surface area (Å²) in [7, 11) is 0. The van der Waals surface area contributed by atoms with E-state index in [1.807, 2.05) is 29.2 Å². The fraction of sp³-hybridized carbons (Fsp3) is 0.0952. The number of fused-ring (bicyclic) bond motifs is 1. The molecule has 0 saturated carbocycles. The Bertz CT molecular complexity index is 1130. The molecule has 0 unspecified atom stereocenters. The van der Waals surface area contributed by atoms with Crippen molar-refractivity contribution in [2.75, 3.05) is 22.2 Å². The van der Waals surface area contributed by atoms with Crippen molar-refractivity contribution >= 4 is 48.9 Å². The van der Waals surface area contributed by atoms with Crippen LogP contribution in [0.4, 0.5) is 11.4 Å². The van der Waals surface area contributed by atoms with Crippen LogP contribution in [0.3, 0.4) is 0 Å². The van der Waals surface area contributed by atoms with Gasteiger partial charge in [-0.15, -0.1) is 0 Å². The molecule has 0 bridgehead atoms. The molecule has 3 rings (SSSR count). The molecule has 0 heterocycles. The molecule has 3 aromatic carbocycles. The number of anilines is 2. The van der Waals surface area contributed by atoms with Gasteiger partial charge in [-0.2, -0.15) is 0 Å². The monoisotopic (exact) mass is 537 g/mol. The van der Waals surface area contributed by atoms with Gasteiger partial charge in [-0.3, -0.25) is 0 Å². The summed E-state index contributed by atoms with van der Waals surface area (Å²) >= 11 is 5.72. The van der Waals surface area contributed by atoms with Crippen LogP contribution in [0.25, 0.3) is 10.8 Å². The van der Waals surface area contributed by atoms with E-state index in [0.717, 1.165) is 16.5 Å². The number of halogens is 2. The number of benzene rings is 3. The molecule has 0 aromatic heterocycles. The van der Waals surface area contributed by atoms with E-state index >= 15 is 0 Å². The molecular weight excluding hydrogens is 519 g/mol. The first-order chi connectivity index (χ1) is 14.5. The molecule has 7 nitrogen and oxygen atoms in total. The zero-order valence-corrected chi connectivity index (χ0v) is 18.8. The molecule has 0 aliphatic carbocycles. The number of hydrogen-bond donors (Lipinski definition) is 4. The van der Waals surface area contributed by atoms with Crippen LogP contribution < -0.4 is 31.8 Å². The van der Waals surface area contributed by atoms with Crippen LogP contribution in [0.15, 0.2) is 70.6 Å². The molecule has 156 valence electrons. The van der Waals surface area contributed by atoms with Crippen LogP contribution in [-0.4, -0.2) is 36.9 Å². The van der Waals surface area contributed by atoms with Gasteiger partial charge in [0.05, 0.1) is 0 Å². The van der Waals surface area contributed by atoms with Crippen LogP contribution in [0.2, 0.25) is 0 Å². The molecule has 0 fully saturated rings. The van der Waals surface area contributed by atoms with E-state index in [1.165, 1.54) is 6.07 Å². The van der Waals surface area contributed by atoms with E-state index in [9.17, 15) is 9.90 Å². The first kappa shape index (κ1) is 21.8. The van der Waals surface area contributed by atoms with Crippen molar-refractivity contribution in [3.63, 3.8) is 0 Å². The van der Waals surface area contributed by atoms with Gasteiger partial charge < -0.3 is 0 Å². The summed E-state index contributed by atoms with van der Waals surface area (Å²) in [6.07, 6.45) is 0. The third-order valence-corrected chi connectivity index (χ3v) is 5.84. The third-order valence-electron chi connectivity index (χ3n) is 4.10. The Morgan fingerprint density at radius 3 is 2.60 bits per heavy atom. The molecule has 0 spiro atoms. The fourth-order valence-corrected chi connectivity index (χ4v) is 4.06. The normalized spacial score (nSPS) is 12.2. The van der Waals surface area contributed by atoms with Crippen molar-refractivity contribution in [1.29, 1.82) is 0 Å². The van der Waals surface area contributed by atoms with Crippen molar-refractivity contribution < 1.29 is 36.2 Å². The van der Waals surface area contributed by atoms with Crippen LogP contribution in [0.5, 0.6) is 5.75 Å². The Morgan fingerprint density at radius 2 is 1.83 bits per heavy atom. The number of carboxylic acid groups (broad SMARTS) is 1. The van der Waals surface area contributed by atoms with Gasteiger partial charge in [-0.05, 0) is 0 Å². The number of aromatic hydroxyl groups is 1. The van der Waals surface area contributed by atoms with Crippen molar-refractivity contribution in [1.82, 2.24) is 0 Å². The Hall–Kier alpha value is -2.85. The van der Waals surface area contributed by atoms with E-state index in [0.29, 0.717) is 9.53 Å². The second-order valence-corrected chi connectivity index (χ2v) is 8.48. The Labute approximate surface area is 188 Å². The van der Waals surface area contributed by atoms with Crippen molar-refractivity contribution in [2.24, 2.45) is 9.98 Å². The summed E-state index contributed by atoms with van der Waals surface area (Å²) in [5, 5.41) is 27.1. The van der Waals surface area contributed by atoms with Gasteiger partial charge in [-0.25, -0.2) is 0 Å². The predicted molar refractivity (Wildman–Crippen MR) is 118 cm³/mol. The van der Waals surface area contributed by atoms with Gasteiger partial charge in [-0.1, -0.05) is 0 Å². The number of alkyl halides is 1. The molecule has 9 heteroatoms. The first-order valence-corrected chi connectivity index (χ1v) is 12.4. The molecule has 0 saturated heterocycles. The van der Waals surface area contributed by atoms with Gasteiger partial charge in [0.15, 0.2) is 0 Å². The standard InChI is InChI=1S/C21H19ClIN4O3/c1-23-21(26-14-6-2-5-13(11-14)19(29)30)27-20(22)25-12-24-17-9-3-8-16-15(17)7-4-10-18(16)28/h2-11,24,28H,12H2,1H3,(H,29,30)(H,25,26,27)/q-1. The number of nitrogens with one attached hydrogen (secondary N) is 2. The SMILES string of the molecule is C[I-]C(=NC(Cl)=NCNc1cccc2c(O)cccc12)Nc1cccc(C(=O)O)c1. The number of phenols is 1. The summed E-state index contributed by atoms with van der Waals surface area (Å²) in [6.45, 7) is 0.209. The van der Waals surface area contributed by atoms with Crippen molar-refractivity contribution in [3.05, 3.63) is 66.2 Å². The quantitative estimate of drug-likeness (QED) is 0.125. The van der Waals surface area contributed by atoms with Gasteiger partial charge >= 0.3 is 189 Å². The fourth-order valence-electron chi connectivity index (χ4n) is 2.72. The molecule has 0 aliphatic heterocycles. The van der Waals surface area contributed by atoms with E-state index in [-0.39, 0.29) is 23.3 Å². The van der Waals surface area contributed by atoms with Crippen molar-refractivity contribution in [3.8, 4) is 5.75 Å². The van der Waals surface area contributed by atoms with Crippen LogP contribution in [0, 0.1) is 0 Å². The summed E-state index contributed by atoms with van der Waals surface area (Å²) < 4.78 is 0.667. The van der Waals surface area contributed by atoms with E-state index < -0.39 is 27.2 Å². The molecule has 0 radical (unpaired) electrons. The number of hydrogen-bond acceptors (Lipinski definition) is 4. The predicted octanol–water partition coefficient (Wildman–Crippen LogP) is 1.39. The minimum absolute atomic E-state index is 0.0871. The molecular formula is C21H19ClIN4O3-. The number of carboxylic acids is 1. The molecule has 4 N–H and O–H groups in total. The molecule has 0 amide bonds. The van der Waals surface area contributed by atoms with Crippen LogP contribution >= 0.6 is 11.6 Å². The van der Waals surface area contributed by atoms with Gasteiger partial charge in [0.2, 0.25) is 0 Å². The number of aliphatic imine (C=N–C) groups is 2. The van der Waals surface area contributed by atoms with Crippen LogP contribution in [0.1, 0.15) is 10.4 Å². The number of carbonyl (C=O) groups is 1. The number of aromatic carboxylic acids is 1. The Balaban J connectivity index is 1.69. The maximum absolute atomic E-state index is 11.1. The minimum atomic E-state index is -0.990. The summed E-state index contributed by atoms with van der Waals surface area (Å²) in [6, 6.07) is 17.4. The summed E-state index contributed by atoms with van der Waals surface area (Å²) in [4.78, 5) is 21.7. The van der Waals surface area contributed by atoms with Crippen LogP contribution in [-0.2, 0) is 0 Å². The van der Waals surface area contributed by atoms with E-state index in [2.05, 4.69) is 20.6 Å². The average Bonchev–Trinajstić information content (AvgIpc) is 2.74. The van der Waals surface area contributed by atoms with E-state index in [1.54, 1.807) is 30.3 Å². The summed E-state index contributed by atoms with van der Waals surface area (Å²) in [5.74, 6) is -0.771. The second kappa shape index (κ2) is 10.3.